The van der Waals surface area contributed by atoms with Gasteiger partial charge in [-0.3, -0.25) is 10.1 Å². The molecule has 1 heterocycles. The molecule has 0 spiro atoms. The fraction of sp³-hybridized carbons (Fsp3) is 0.0714. The normalized spacial score (nSPS) is 10.1. The number of benzene rings is 1. The Bertz CT molecular complexity index is 707. The van der Waals surface area contributed by atoms with Crippen molar-refractivity contribution < 1.29 is 18.9 Å². The van der Waals surface area contributed by atoms with Gasteiger partial charge in [-0.15, -0.1) is 0 Å². The Morgan fingerprint density at radius 3 is 2.81 bits per heavy atom. The molecule has 6 nitrogen and oxygen atoms in total. The molecule has 0 unspecified atom stereocenters. The third kappa shape index (κ3) is 3.29. The molecule has 0 N–H and O–H groups in total. The first-order valence-electron chi connectivity index (χ1n) is 5.85. The number of carbonyl (C=O) groups excluding carboxylic acids is 1. The number of hydrogen-bond acceptors (Lipinski definition) is 5. The van der Waals surface area contributed by atoms with Gasteiger partial charge in [0.05, 0.1) is 9.95 Å². The zero-order chi connectivity index (χ0) is 15.4. The van der Waals surface area contributed by atoms with Crippen LogP contribution in [-0.4, -0.2) is 17.5 Å². The first-order valence-corrected chi connectivity index (χ1v) is 6.23. The van der Waals surface area contributed by atoms with Crippen molar-refractivity contribution in [1.29, 1.82) is 0 Å². The van der Waals surface area contributed by atoms with Crippen LogP contribution in [0.3, 0.4) is 0 Å². The van der Waals surface area contributed by atoms with E-state index in [1.807, 2.05) is 0 Å². The lowest BCUT2D eigenvalue weighted by Crippen LogP contribution is -2.03. The minimum atomic E-state index is -0.626. The van der Waals surface area contributed by atoms with Crippen LogP contribution in [-0.2, 0) is 4.74 Å². The molecule has 0 fully saturated rings. The summed E-state index contributed by atoms with van der Waals surface area (Å²) in [5, 5.41) is 10.8. The number of hydrogen-bond donors (Lipinski definition) is 0. The topological polar surface area (TPSA) is 82.6 Å². The highest BCUT2D eigenvalue weighted by Crippen LogP contribution is 2.32. The van der Waals surface area contributed by atoms with Crippen molar-refractivity contribution in [2.75, 3.05) is 6.61 Å². The van der Waals surface area contributed by atoms with Gasteiger partial charge >= 0.3 is 5.97 Å². The summed E-state index contributed by atoms with van der Waals surface area (Å²) < 4.78 is 10.2. The van der Waals surface area contributed by atoms with Gasteiger partial charge in [-0.2, -0.15) is 0 Å². The lowest BCUT2D eigenvalue weighted by molar-refractivity contribution is -0.384. The summed E-state index contributed by atoms with van der Waals surface area (Å²) in [6.45, 7) is 3.51. The minimum absolute atomic E-state index is 0.0151. The average Bonchev–Trinajstić information content (AvgIpc) is 2.94. The number of nitro groups is 1. The van der Waals surface area contributed by atoms with Crippen LogP contribution in [0.1, 0.15) is 10.6 Å². The molecule has 0 saturated carbocycles. The van der Waals surface area contributed by atoms with E-state index in [1.165, 1.54) is 36.4 Å². The first-order chi connectivity index (χ1) is 10.0. The van der Waals surface area contributed by atoms with E-state index in [4.69, 9.17) is 20.8 Å². The number of halogens is 1. The summed E-state index contributed by atoms with van der Waals surface area (Å²) in [5.41, 5.74) is 0.325. The van der Waals surface area contributed by atoms with E-state index < -0.39 is 10.9 Å². The Morgan fingerprint density at radius 2 is 2.19 bits per heavy atom. The lowest BCUT2D eigenvalue weighted by Gasteiger charge is -2.01. The largest absolute Gasteiger partial charge is 0.456 e. The molecule has 108 valence electrons. The molecular formula is C14H10ClNO5. The van der Waals surface area contributed by atoms with Crippen LogP contribution in [0, 0.1) is 10.1 Å². The van der Waals surface area contributed by atoms with Gasteiger partial charge in [-0.25, -0.2) is 4.79 Å². The van der Waals surface area contributed by atoms with Crippen LogP contribution in [0.25, 0.3) is 11.3 Å². The van der Waals surface area contributed by atoms with Gasteiger partial charge in [0.1, 0.15) is 12.4 Å². The van der Waals surface area contributed by atoms with Crippen molar-refractivity contribution in [3.05, 3.63) is 63.9 Å². The molecule has 0 aliphatic rings. The molecule has 0 bridgehead atoms. The van der Waals surface area contributed by atoms with Gasteiger partial charge in [-0.1, -0.05) is 24.3 Å². The van der Waals surface area contributed by atoms with Crippen molar-refractivity contribution in [3.63, 3.8) is 0 Å². The number of non-ortho nitro benzene ring substituents is 1. The number of furan rings is 1. The average molecular weight is 308 g/mol. The highest BCUT2D eigenvalue weighted by Gasteiger charge is 2.16. The molecular weight excluding hydrogens is 298 g/mol. The van der Waals surface area contributed by atoms with Crippen LogP contribution >= 0.6 is 11.6 Å². The zero-order valence-corrected chi connectivity index (χ0v) is 11.5. The van der Waals surface area contributed by atoms with Gasteiger partial charge in [0.25, 0.3) is 5.69 Å². The summed E-state index contributed by atoms with van der Waals surface area (Å²) in [7, 11) is 0. The first kappa shape index (κ1) is 14.8. The molecule has 0 amide bonds. The summed E-state index contributed by atoms with van der Waals surface area (Å²) in [6.07, 6.45) is 1.44. The molecule has 2 rings (SSSR count). The minimum Gasteiger partial charge on any atom is -0.456 e. The van der Waals surface area contributed by atoms with Gasteiger partial charge in [0.15, 0.2) is 0 Å². The fourth-order valence-corrected chi connectivity index (χ4v) is 1.88. The number of nitrogens with zero attached hydrogens (tertiary/aromatic N) is 1. The molecule has 0 saturated heterocycles. The van der Waals surface area contributed by atoms with Gasteiger partial charge in [0, 0.05) is 17.7 Å². The van der Waals surface area contributed by atoms with Crippen molar-refractivity contribution in [2.45, 2.75) is 0 Å². The summed E-state index contributed by atoms with van der Waals surface area (Å²) >= 11 is 5.99. The molecule has 7 heteroatoms. The highest BCUT2D eigenvalue weighted by molar-refractivity contribution is 6.33. The van der Waals surface area contributed by atoms with Crippen LogP contribution in [0.2, 0.25) is 5.02 Å². The van der Waals surface area contributed by atoms with Crippen LogP contribution in [0.15, 0.2) is 47.4 Å². The van der Waals surface area contributed by atoms with E-state index >= 15 is 0 Å². The van der Waals surface area contributed by atoms with Crippen LogP contribution < -0.4 is 0 Å². The Balaban J connectivity index is 2.27. The van der Waals surface area contributed by atoms with Crippen LogP contribution in [0.4, 0.5) is 5.69 Å². The Morgan fingerprint density at radius 1 is 1.43 bits per heavy atom. The fourth-order valence-electron chi connectivity index (χ4n) is 1.62. The molecule has 0 aliphatic heterocycles. The molecule has 0 aliphatic carbocycles. The number of ether oxygens (including phenoxy) is 1. The standard InChI is InChI=1S/C14H10ClNO5/c1-2-7-20-14(17)13-6-5-12(21-13)10-4-3-9(16(18)19)8-11(10)15/h2-6,8H,1,7H2. The Labute approximate surface area is 124 Å². The van der Waals surface area contributed by atoms with Crippen LogP contribution in [0.5, 0.6) is 0 Å². The SMILES string of the molecule is C=CCOC(=O)c1ccc(-c2ccc([N+](=O)[O-])cc2Cl)o1. The predicted octanol–water partition coefficient (Wildman–Crippen LogP) is 3.85. The Hall–Kier alpha value is -2.60. The quantitative estimate of drug-likeness (QED) is 0.362. The van der Waals surface area contributed by atoms with Crippen molar-refractivity contribution in [2.24, 2.45) is 0 Å². The van der Waals surface area contributed by atoms with E-state index in [0.29, 0.717) is 11.3 Å². The second kappa shape index (κ2) is 6.23. The molecule has 1 aromatic carbocycles. The second-order valence-electron chi connectivity index (χ2n) is 3.97. The number of rotatable bonds is 5. The number of esters is 1. The maximum Gasteiger partial charge on any atom is 0.374 e. The van der Waals surface area contributed by atoms with Gasteiger partial charge in [-0.05, 0) is 18.2 Å². The van der Waals surface area contributed by atoms with Gasteiger partial charge in [0.2, 0.25) is 5.76 Å². The maximum absolute atomic E-state index is 11.6. The summed E-state index contributed by atoms with van der Waals surface area (Å²) in [4.78, 5) is 21.7. The highest BCUT2D eigenvalue weighted by atomic mass is 35.5. The van der Waals surface area contributed by atoms with E-state index in [-0.39, 0.29) is 23.1 Å². The number of nitro benzene ring substituents is 1. The zero-order valence-electron chi connectivity index (χ0n) is 10.7. The molecule has 2 aromatic rings. The molecule has 0 atom stereocenters. The smallest absolute Gasteiger partial charge is 0.374 e. The van der Waals surface area contributed by atoms with E-state index in [0.717, 1.165) is 0 Å². The third-order valence-corrected chi connectivity index (χ3v) is 2.88. The summed E-state index contributed by atoms with van der Waals surface area (Å²) in [5.74, 6) is -0.291. The lowest BCUT2D eigenvalue weighted by atomic mass is 10.1. The van der Waals surface area contributed by atoms with E-state index in [2.05, 4.69) is 6.58 Å². The second-order valence-corrected chi connectivity index (χ2v) is 4.38. The number of carbonyl (C=O) groups is 1. The van der Waals surface area contributed by atoms with Crippen molar-refractivity contribution in [3.8, 4) is 11.3 Å². The molecule has 1 aromatic heterocycles. The van der Waals surface area contributed by atoms with E-state index in [1.54, 1.807) is 0 Å². The molecule has 0 radical (unpaired) electrons. The van der Waals surface area contributed by atoms with E-state index in [9.17, 15) is 14.9 Å². The van der Waals surface area contributed by atoms with Crippen molar-refractivity contribution >= 4 is 23.3 Å². The monoisotopic (exact) mass is 307 g/mol. The van der Waals surface area contributed by atoms with Crippen molar-refractivity contribution in [1.82, 2.24) is 0 Å². The Kier molecular flexibility index (Phi) is 4.39. The predicted molar refractivity (Wildman–Crippen MR) is 76.3 cm³/mol. The summed E-state index contributed by atoms with van der Waals surface area (Å²) in [6, 6.07) is 6.96. The maximum atomic E-state index is 11.6. The molecule has 21 heavy (non-hydrogen) atoms. The van der Waals surface area contributed by atoms with Gasteiger partial charge < -0.3 is 9.15 Å². The third-order valence-electron chi connectivity index (χ3n) is 2.57.